The highest BCUT2D eigenvalue weighted by Crippen LogP contribution is 2.11. The highest BCUT2D eigenvalue weighted by atomic mass is 14.6. The lowest BCUT2D eigenvalue weighted by atomic mass is 10.0. The monoisotopic (exact) mass is 150 g/mol. The first-order valence-electron chi connectivity index (χ1n) is 4.08. The fourth-order valence-electron chi connectivity index (χ4n) is 0.944. The molecule has 0 aliphatic rings. The van der Waals surface area contributed by atoms with Gasteiger partial charge >= 0.3 is 0 Å². The molecule has 1 unspecified atom stereocenters. The van der Waals surface area contributed by atoms with Crippen LogP contribution in [-0.4, -0.2) is 6.54 Å². The van der Waals surface area contributed by atoms with Gasteiger partial charge < -0.3 is 4.85 Å². The Balaban J connectivity index is 3.45. The summed E-state index contributed by atoms with van der Waals surface area (Å²) in [5, 5.41) is 8.63. The van der Waals surface area contributed by atoms with Gasteiger partial charge in [-0.3, -0.25) is 0 Å². The second kappa shape index (κ2) is 7.09. The molecule has 2 heteroatoms. The van der Waals surface area contributed by atoms with Crippen LogP contribution < -0.4 is 0 Å². The van der Waals surface area contributed by atoms with Gasteiger partial charge in [-0.2, -0.15) is 5.26 Å². The van der Waals surface area contributed by atoms with Crippen molar-refractivity contribution in [1.82, 2.24) is 0 Å². The molecule has 0 N–H and O–H groups in total. The van der Waals surface area contributed by atoms with E-state index >= 15 is 0 Å². The van der Waals surface area contributed by atoms with Gasteiger partial charge in [-0.05, 0) is 6.42 Å². The number of nitrogens with zero attached hydrogens (tertiary/aromatic N) is 2. The van der Waals surface area contributed by atoms with Crippen LogP contribution in [0.5, 0.6) is 0 Å². The molecule has 0 aliphatic heterocycles. The number of hydrogen-bond donors (Lipinski definition) is 0. The van der Waals surface area contributed by atoms with Crippen molar-refractivity contribution < 1.29 is 0 Å². The number of hydrogen-bond acceptors (Lipinski definition) is 1. The Morgan fingerprint density at radius 3 is 2.73 bits per heavy atom. The molecule has 0 saturated heterocycles. The fourth-order valence-corrected chi connectivity index (χ4v) is 0.944. The van der Waals surface area contributed by atoms with E-state index in [2.05, 4.69) is 17.8 Å². The molecule has 0 bridgehead atoms. The molecule has 0 radical (unpaired) electrons. The zero-order chi connectivity index (χ0) is 8.53. The van der Waals surface area contributed by atoms with E-state index in [1.165, 1.54) is 0 Å². The second-order valence-electron chi connectivity index (χ2n) is 2.64. The van der Waals surface area contributed by atoms with Gasteiger partial charge in [0.1, 0.15) is 0 Å². The highest BCUT2D eigenvalue weighted by Gasteiger charge is 2.06. The first kappa shape index (κ1) is 9.98. The minimum absolute atomic E-state index is 0.115. The van der Waals surface area contributed by atoms with Gasteiger partial charge in [0, 0.05) is 6.42 Å². The summed E-state index contributed by atoms with van der Waals surface area (Å²) in [5.41, 5.74) is 0. The van der Waals surface area contributed by atoms with Crippen LogP contribution in [0.4, 0.5) is 0 Å². The Kier molecular flexibility index (Phi) is 6.43. The van der Waals surface area contributed by atoms with E-state index in [0.717, 1.165) is 25.7 Å². The van der Waals surface area contributed by atoms with Crippen LogP contribution in [0.1, 0.15) is 32.6 Å². The Morgan fingerprint density at radius 1 is 1.55 bits per heavy atom. The lowest BCUT2D eigenvalue weighted by Gasteiger charge is -2.02. The van der Waals surface area contributed by atoms with Crippen LogP contribution in [0.25, 0.3) is 4.85 Å². The SMILES string of the molecule is [C-]#[N+]CCC(C#N)CCCC. The maximum absolute atomic E-state index is 8.63. The van der Waals surface area contributed by atoms with E-state index in [1.807, 2.05) is 0 Å². The molecule has 0 aromatic heterocycles. The smallest absolute Gasteiger partial charge is 0.215 e. The second-order valence-corrected chi connectivity index (χ2v) is 2.64. The lowest BCUT2D eigenvalue weighted by molar-refractivity contribution is 0.545. The topological polar surface area (TPSA) is 28.1 Å². The standard InChI is InChI=1S/C9H14N2/c1-3-4-5-9(8-10)6-7-11-2/h9H,3-7H2,1H3. The zero-order valence-corrected chi connectivity index (χ0v) is 7.01. The van der Waals surface area contributed by atoms with Crippen LogP contribution in [0.3, 0.4) is 0 Å². The van der Waals surface area contributed by atoms with Crippen molar-refractivity contribution in [3.8, 4) is 6.07 Å². The summed E-state index contributed by atoms with van der Waals surface area (Å²) < 4.78 is 0. The van der Waals surface area contributed by atoms with Crippen LogP contribution in [-0.2, 0) is 0 Å². The van der Waals surface area contributed by atoms with Gasteiger partial charge in [0.25, 0.3) is 0 Å². The van der Waals surface area contributed by atoms with E-state index in [9.17, 15) is 0 Å². The van der Waals surface area contributed by atoms with Gasteiger partial charge in [0.05, 0.1) is 12.0 Å². The molecular weight excluding hydrogens is 136 g/mol. The van der Waals surface area contributed by atoms with Crippen molar-refractivity contribution in [1.29, 1.82) is 5.26 Å². The van der Waals surface area contributed by atoms with Gasteiger partial charge in [-0.15, -0.1) is 0 Å². The molecule has 60 valence electrons. The van der Waals surface area contributed by atoms with E-state index in [4.69, 9.17) is 11.8 Å². The molecule has 0 fully saturated rings. The van der Waals surface area contributed by atoms with Crippen molar-refractivity contribution in [2.45, 2.75) is 32.6 Å². The molecule has 2 nitrogen and oxygen atoms in total. The third kappa shape index (κ3) is 5.43. The summed E-state index contributed by atoms with van der Waals surface area (Å²) in [4.78, 5) is 3.23. The summed E-state index contributed by atoms with van der Waals surface area (Å²) in [6.45, 7) is 9.18. The zero-order valence-electron chi connectivity index (χ0n) is 7.01. The molecule has 0 aromatic rings. The molecule has 0 aliphatic carbocycles. The van der Waals surface area contributed by atoms with Crippen molar-refractivity contribution >= 4 is 0 Å². The molecule has 0 heterocycles. The highest BCUT2D eigenvalue weighted by molar-refractivity contribution is 4.84. The van der Waals surface area contributed by atoms with Crippen molar-refractivity contribution in [3.05, 3.63) is 11.4 Å². The average molecular weight is 150 g/mol. The van der Waals surface area contributed by atoms with E-state index in [0.29, 0.717) is 6.54 Å². The van der Waals surface area contributed by atoms with Gasteiger partial charge in [0.2, 0.25) is 6.54 Å². The van der Waals surface area contributed by atoms with E-state index in [1.54, 1.807) is 0 Å². The Labute approximate surface area is 68.7 Å². The molecule has 11 heavy (non-hydrogen) atoms. The van der Waals surface area contributed by atoms with Gasteiger partial charge in [-0.25, -0.2) is 6.57 Å². The summed E-state index contributed by atoms with van der Waals surface area (Å²) in [6, 6.07) is 2.23. The number of nitriles is 1. The quantitative estimate of drug-likeness (QED) is 0.554. The minimum atomic E-state index is 0.115. The molecule has 0 aromatic carbocycles. The van der Waals surface area contributed by atoms with E-state index < -0.39 is 0 Å². The van der Waals surface area contributed by atoms with E-state index in [-0.39, 0.29) is 5.92 Å². The third-order valence-corrected chi connectivity index (χ3v) is 1.68. The van der Waals surface area contributed by atoms with Crippen LogP contribution in [0.2, 0.25) is 0 Å². The van der Waals surface area contributed by atoms with Crippen LogP contribution >= 0.6 is 0 Å². The lowest BCUT2D eigenvalue weighted by Crippen LogP contribution is -1.98. The Bertz CT molecular complexity index is 161. The summed E-state index contributed by atoms with van der Waals surface area (Å²) in [7, 11) is 0. The molecular formula is C9H14N2. The predicted molar refractivity (Wildman–Crippen MR) is 44.7 cm³/mol. The Hall–Kier alpha value is -1.02. The van der Waals surface area contributed by atoms with Crippen LogP contribution in [0, 0.1) is 23.8 Å². The van der Waals surface area contributed by atoms with Gasteiger partial charge in [-0.1, -0.05) is 19.8 Å². The first-order valence-corrected chi connectivity index (χ1v) is 4.08. The normalized spacial score (nSPS) is 11.5. The predicted octanol–water partition coefficient (Wildman–Crippen LogP) is 2.63. The third-order valence-electron chi connectivity index (χ3n) is 1.68. The molecule has 0 spiro atoms. The van der Waals surface area contributed by atoms with Crippen molar-refractivity contribution in [3.63, 3.8) is 0 Å². The number of unbranched alkanes of at least 4 members (excludes halogenated alkanes) is 1. The number of rotatable bonds is 5. The largest absolute Gasteiger partial charge is 0.317 e. The molecule has 1 atom stereocenters. The fraction of sp³-hybridized carbons (Fsp3) is 0.778. The van der Waals surface area contributed by atoms with Crippen molar-refractivity contribution in [2.75, 3.05) is 6.54 Å². The Morgan fingerprint density at radius 2 is 2.27 bits per heavy atom. The van der Waals surface area contributed by atoms with Gasteiger partial charge in [0.15, 0.2) is 0 Å². The maximum atomic E-state index is 8.63. The van der Waals surface area contributed by atoms with Crippen molar-refractivity contribution in [2.24, 2.45) is 5.92 Å². The molecule has 0 saturated carbocycles. The average Bonchev–Trinajstić information content (AvgIpc) is 2.05. The summed E-state index contributed by atoms with van der Waals surface area (Å²) in [5.74, 6) is 0.115. The van der Waals surface area contributed by atoms with Crippen LogP contribution in [0.15, 0.2) is 0 Å². The molecule has 0 rings (SSSR count). The maximum Gasteiger partial charge on any atom is 0.215 e. The first-order chi connectivity index (χ1) is 5.35. The summed E-state index contributed by atoms with van der Waals surface area (Å²) in [6.07, 6.45) is 3.95. The minimum Gasteiger partial charge on any atom is -0.317 e. The summed E-state index contributed by atoms with van der Waals surface area (Å²) >= 11 is 0. The molecule has 0 amide bonds.